The molecule has 130 heavy (non-hydrogen) atoms. The number of aliphatic hydroxyl groups excluding tert-OH is 1. The van der Waals surface area contributed by atoms with Crippen molar-refractivity contribution in [3.8, 4) is 0 Å². The summed E-state index contributed by atoms with van der Waals surface area (Å²) in [6.45, 7) is 30.4. The molecule has 9 atom stereocenters. The van der Waals surface area contributed by atoms with Crippen molar-refractivity contribution in [2.45, 2.75) is 244 Å². The lowest BCUT2D eigenvalue weighted by Gasteiger charge is -2.41. The van der Waals surface area contributed by atoms with Crippen LogP contribution in [0.15, 0.2) is 146 Å². The average Bonchev–Trinajstić information content (AvgIpc) is 1.43. The van der Waals surface area contributed by atoms with Crippen LogP contribution in [0, 0.1) is 40.5 Å². The first-order valence-electron chi connectivity index (χ1n) is 47.0. The zero-order valence-corrected chi connectivity index (χ0v) is 81.9. The number of primary amides is 2. The molecule has 25 heteroatoms. The highest BCUT2D eigenvalue weighted by Crippen LogP contribution is 2.43. The van der Waals surface area contributed by atoms with Crippen LogP contribution >= 0.6 is 81.2 Å². The third-order valence-corrected chi connectivity index (χ3v) is 30.9. The molecule has 8 aromatic rings. The van der Waals surface area contributed by atoms with E-state index in [0.29, 0.717) is 52.7 Å². The van der Waals surface area contributed by atoms with Crippen molar-refractivity contribution >= 4 is 128 Å². The Morgan fingerprint density at radius 2 is 0.723 bits per heavy atom. The molecule has 7 aliphatic heterocycles. The third-order valence-electron chi connectivity index (χ3n) is 28.6. The lowest BCUT2D eigenvalue weighted by molar-refractivity contribution is -0.134. The second kappa shape index (κ2) is 47.6. The van der Waals surface area contributed by atoms with Crippen molar-refractivity contribution in [2.24, 2.45) is 17.4 Å². The Labute approximate surface area is 808 Å². The molecule has 702 valence electrons. The largest absolute Gasteiger partial charge is 0.387 e. The summed E-state index contributed by atoms with van der Waals surface area (Å²) in [4.78, 5) is 60.8. The highest BCUT2D eigenvalue weighted by molar-refractivity contribution is 6.35. The monoisotopic (exact) mass is 1910 g/mol. The van der Waals surface area contributed by atoms with Gasteiger partial charge in [-0.15, -0.1) is 0 Å². The summed E-state index contributed by atoms with van der Waals surface area (Å²) >= 11 is 45.5. The van der Waals surface area contributed by atoms with E-state index >= 15 is 0 Å². The van der Waals surface area contributed by atoms with Crippen molar-refractivity contribution in [2.75, 3.05) is 113 Å². The minimum atomic E-state index is -0.392. The Morgan fingerprint density at radius 1 is 0.385 bits per heavy atom. The number of carbonyl (C=O) groups is 4. The zero-order valence-electron chi connectivity index (χ0n) is 76.6. The molecule has 6 unspecified atom stereocenters. The lowest BCUT2D eigenvalue weighted by atomic mass is 9.82. The average molecular weight is 1910 g/mol. The predicted octanol–water partition coefficient (Wildman–Crippen LogP) is 24.0. The summed E-state index contributed by atoms with van der Waals surface area (Å²) in [7, 11) is 0. The van der Waals surface area contributed by atoms with Crippen LogP contribution in [0.4, 0.5) is 27.5 Å². The number of benzene rings is 8. The third kappa shape index (κ3) is 26.8. The van der Waals surface area contributed by atoms with Gasteiger partial charge in [-0.05, 0) is 367 Å². The lowest BCUT2D eigenvalue weighted by Crippen LogP contribution is -2.46. The normalized spacial score (nSPS) is 21.3. The second-order valence-corrected chi connectivity index (χ2v) is 40.5. The van der Waals surface area contributed by atoms with Crippen LogP contribution < -0.4 is 38.1 Å². The SMILES string of the molecule is C.Cc1ccc(C(C)Nc2cc(C3CCN(C(=O)C4CCCN4)CC3)ccc2C)c(Cl)c1.Cc1ccc(C(C)Nc2cc(C3CCN(C4CCN(C(=O)CO)C4)CC3)ccc2Cl)c(Cl)c1.Cc1ccc(C(C)Nc2cc(C3CCN([C@@H]4CCC[C@@H](C(N)=O)C4)CC3)ccc2Cl)c(Cl)c1.Cc1ccc(C(C)Nc2cc(C3CCN([C@@H]4CCN(C(N)=O)C4)CC3)ccc2Cl)c(Cl)c1. The number of aryl methyl sites for hydroxylation is 5. The van der Waals surface area contributed by atoms with Crippen LogP contribution in [0.25, 0.3) is 0 Å². The van der Waals surface area contributed by atoms with E-state index in [2.05, 4.69) is 191 Å². The van der Waals surface area contributed by atoms with Gasteiger partial charge in [0.25, 0.3) is 0 Å². The van der Waals surface area contributed by atoms with Crippen LogP contribution in [0.5, 0.6) is 0 Å². The standard InChI is InChI=1S/C27H35Cl2N3O.C26H33Cl2N3O2.C26H34ClN3O.C25H32Cl2N4O.CH4/c1-17-6-8-23(25(29)14-17)18(2)31-26-16-20(7-9-24(26)28)19-10-12-32(13-11-19)22-5-3-4-21(15-22)27(30)33;1-17-3-5-22(24(28)13-17)18(2)29-25-14-20(4-6-23(25)27)19-7-10-30(11-8-19)21-9-12-31(15-21)26(33)16-32;1-17-6-9-22(23(27)15-17)19(3)29-25-16-21(8-7-18(25)2)20-10-13-30(14-11-20)26(31)24-5-4-12-28-24;1-16-3-5-21(23(27)13-16)17(2)29-24-14-19(4-6-22(24)26)18-7-10-30(11-8-18)20-9-12-31(15-20)25(28)32;/h6-9,14,16,18-19,21-22,31H,3-5,10-13,15H2,1-2H3,(H2,30,33);3-6,13-14,18-19,21,29,32H,7-12,15-16H2,1-2H3;6-9,15-16,19-20,24,28-29H,4-5,10-14H2,1-3H3;3-6,13-14,17-18,20,29H,7-12,15H2,1-2H3,(H2,28,32);1H4/t18?,21-,22-;;;17?,20-;/m1..1./s1. The predicted molar refractivity (Wildman–Crippen MR) is 542 cm³/mol. The van der Waals surface area contributed by atoms with E-state index < -0.39 is 6.61 Å². The fraction of sp³-hybridized carbons (Fsp3) is 0.505. The molecule has 1 saturated carbocycles. The van der Waals surface area contributed by atoms with Gasteiger partial charge in [0, 0.05) is 95.1 Å². The Hall–Kier alpha value is -7.53. The van der Waals surface area contributed by atoms with Crippen LogP contribution in [0.2, 0.25) is 35.2 Å². The molecule has 8 fully saturated rings. The molecule has 0 spiro atoms. The van der Waals surface area contributed by atoms with Crippen molar-refractivity contribution in [1.29, 1.82) is 0 Å². The Morgan fingerprint density at radius 3 is 1.07 bits per heavy atom. The molecule has 7 heterocycles. The molecule has 16 rings (SSSR count). The smallest absolute Gasteiger partial charge is 0.314 e. The van der Waals surface area contributed by atoms with E-state index in [9.17, 15) is 19.2 Å². The Bertz CT molecular complexity index is 5140. The van der Waals surface area contributed by atoms with Gasteiger partial charge in [-0.2, -0.15) is 0 Å². The number of nitrogens with two attached hydrogens (primary N) is 2. The summed E-state index contributed by atoms with van der Waals surface area (Å²) in [6.07, 6.45) is 17.0. The number of urea groups is 1. The Kier molecular flexibility index (Phi) is 37.1. The van der Waals surface area contributed by atoms with Gasteiger partial charge in [-0.25, -0.2) is 4.79 Å². The summed E-state index contributed by atoms with van der Waals surface area (Å²) in [5.41, 5.74) is 30.5. The quantitative estimate of drug-likeness (QED) is 0.0317. The fourth-order valence-corrected chi connectivity index (χ4v) is 22.8. The van der Waals surface area contributed by atoms with E-state index in [1.165, 1.54) is 39.8 Å². The summed E-state index contributed by atoms with van der Waals surface area (Å²) in [6, 6.07) is 51.9. The first-order valence-corrected chi connectivity index (χ1v) is 49.6. The van der Waals surface area contributed by atoms with Crippen LogP contribution in [-0.4, -0.2) is 174 Å². The summed E-state index contributed by atoms with van der Waals surface area (Å²) in [5.74, 6) is 2.09. The number of anilines is 4. The zero-order chi connectivity index (χ0) is 91.9. The second-order valence-electron chi connectivity index (χ2n) is 37.6. The summed E-state index contributed by atoms with van der Waals surface area (Å²) in [5, 5.41) is 32.1. The van der Waals surface area contributed by atoms with E-state index in [4.69, 9.17) is 97.8 Å². The summed E-state index contributed by atoms with van der Waals surface area (Å²) < 4.78 is 0. The van der Waals surface area contributed by atoms with Gasteiger partial charge in [0.15, 0.2) is 0 Å². The van der Waals surface area contributed by atoms with Crippen LogP contribution in [-0.2, 0) is 14.4 Å². The molecular formula is C105H138Cl7N13O5. The van der Waals surface area contributed by atoms with Gasteiger partial charge in [-0.3, -0.25) is 24.2 Å². The highest BCUT2D eigenvalue weighted by Gasteiger charge is 2.38. The topological polar surface area (TPSA) is 220 Å². The molecule has 8 aliphatic rings. The van der Waals surface area contributed by atoms with Crippen molar-refractivity contribution < 1.29 is 24.3 Å². The number of rotatable bonds is 22. The van der Waals surface area contributed by atoms with Crippen LogP contribution in [0.1, 0.15) is 258 Å². The molecule has 0 radical (unpaired) electrons. The molecule has 0 bridgehead atoms. The van der Waals surface area contributed by atoms with Crippen molar-refractivity contribution in [3.05, 3.63) is 253 Å². The number of piperidine rings is 4. The van der Waals surface area contributed by atoms with Gasteiger partial charge in [0.05, 0.1) is 56.3 Å². The van der Waals surface area contributed by atoms with Gasteiger partial charge in [0.1, 0.15) is 6.61 Å². The number of hydrogen-bond acceptors (Lipinski definition) is 13. The molecule has 7 saturated heterocycles. The number of aliphatic hydroxyl groups is 1. The molecule has 0 aromatic heterocycles. The maximum atomic E-state index is 12.7. The number of nitrogens with zero attached hydrogens (tertiary/aromatic N) is 6. The number of nitrogens with one attached hydrogen (secondary N) is 5. The molecule has 10 N–H and O–H groups in total. The van der Waals surface area contributed by atoms with Gasteiger partial charge >= 0.3 is 6.03 Å². The minimum Gasteiger partial charge on any atom is -0.387 e. The number of likely N-dealkylation sites (tertiary alicyclic amines) is 6. The molecule has 18 nitrogen and oxygen atoms in total. The maximum Gasteiger partial charge on any atom is 0.314 e. The number of halogens is 7. The van der Waals surface area contributed by atoms with E-state index in [-0.39, 0.29) is 61.4 Å². The van der Waals surface area contributed by atoms with Crippen molar-refractivity contribution in [1.82, 2.24) is 34.7 Å². The van der Waals surface area contributed by atoms with E-state index in [1.807, 2.05) is 63.2 Å². The first kappa shape index (κ1) is 101. The first-order chi connectivity index (χ1) is 61.9. The van der Waals surface area contributed by atoms with Gasteiger partial charge in [-0.1, -0.05) is 174 Å². The Balaban J connectivity index is 0.000000156. The molecule has 1 aliphatic carbocycles. The van der Waals surface area contributed by atoms with Gasteiger partial charge in [0.2, 0.25) is 17.7 Å². The molecular weight excluding hydrogens is 1770 g/mol. The highest BCUT2D eigenvalue weighted by atomic mass is 35.5. The number of carbonyl (C=O) groups excluding carboxylic acids is 4. The number of amides is 5. The van der Waals surface area contributed by atoms with E-state index in [0.717, 1.165) is 273 Å². The molecule has 8 aromatic carbocycles. The number of hydrogen-bond donors (Lipinski definition) is 8. The van der Waals surface area contributed by atoms with Crippen LogP contribution in [0.3, 0.4) is 0 Å². The fourth-order valence-electron chi connectivity index (χ4n) is 20.7. The minimum absolute atomic E-state index is 0. The maximum absolute atomic E-state index is 12.7. The van der Waals surface area contributed by atoms with Crippen molar-refractivity contribution in [3.63, 3.8) is 0 Å². The van der Waals surface area contributed by atoms with Gasteiger partial charge < -0.3 is 62.8 Å². The molecule has 5 amide bonds. The van der Waals surface area contributed by atoms with E-state index in [1.54, 1.807) is 9.80 Å².